The molecule has 0 radical (unpaired) electrons. The van der Waals surface area contributed by atoms with Crippen LogP contribution in [0, 0.1) is 5.92 Å². The minimum Gasteiger partial charge on any atom is -0.396 e. The van der Waals surface area contributed by atoms with E-state index < -0.39 is 0 Å². The summed E-state index contributed by atoms with van der Waals surface area (Å²) in [7, 11) is 0. The number of rotatable bonds is 9. The van der Waals surface area contributed by atoms with Crippen molar-refractivity contribution in [3.8, 4) is 0 Å². The molecule has 1 aliphatic heterocycles. The molecule has 7 heteroatoms. The standard InChI is InChI=1S/C18H34N6O/c1-3-8-15(10-12-25)13-20-18(19-4-2)21-14-17-23-22-16-9-6-5-7-11-24(16)17/h15,25H,3-14H2,1-2H3,(H2,19,20,21). The highest BCUT2D eigenvalue weighted by atomic mass is 16.3. The van der Waals surface area contributed by atoms with Crippen LogP contribution < -0.4 is 10.6 Å². The molecule has 0 fully saturated rings. The van der Waals surface area contributed by atoms with E-state index in [4.69, 9.17) is 4.99 Å². The van der Waals surface area contributed by atoms with Crippen molar-refractivity contribution in [3.63, 3.8) is 0 Å². The molecule has 3 N–H and O–H groups in total. The number of aliphatic imine (C=N–C) groups is 1. The van der Waals surface area contributed by atoms with Gasteiger partial charge in [0.15, 0.2) is 11.8 Å². The Labute approximate surface area is 151 Å². The maximum Gasteiger partial charge on any atom is 0.191 e. The van der Waals surface area contributed by atoms with Gasteiger partial charge >= 0.3 is 0 Å². The zero-order chi connectivity index (χ0) is 17.9. The molecule has 1 atom stereocenters. The van der Waals surface area contributed by atoms with E-state index in [2.05, 4.69) is 39.2 Å². The SMILES string of the molecule is CCCC(CCO)CNC(=NCc1nnc2n1CCCCC2)NCC. The highest BCUT2D eigenvalue weighted by Crippen LogP contribution is 2.15. The van der Waals surface area contributed by atoms with Crippen molar-refractivity contribution in [2.45, 2.75) is 71.9 Å². The summed E-state index contributed by atoms with van der Waals surface area (Å²) in [5, 5.41) is 24.6. The highest BCUT2D eigenvalue weighted by Gasteiger charge is 2.14. The minimum atomic E-state index is 0.242. The lowest BCUT2D eigenvalue weighted by atomic mass is 10.0. The topological polar surface area (TPSA) is 87.4 Å². The first-order chi connectivity index (χ1) is 12.3. The van der Waals surface area contributed by atoms with Gasteiger partial charge in [0.1, 0.15) is 12.4 Å². The molecule has 1 aromatic rings. The van der Waals surface area contributed by atoms with E-state index in [0.717, 1.165) is 62.9 Å². The quantitative estimate of drug-likeness (QED) is 0.467. The van der Waals surface area contributed by atoms with Gasteiger partial charge in [-0.1, -0.05) is 19.8 Å². The van der Waals surface area contributed by atoms with Gasteiger partial charge in [-0.15, -0.1) is 10.2 Å². The molecule has 0 bridgehead atoms. The number of fused-ring (bicyclic) bond motifs is 1. The molecule has 0 aliphatic carbocycles. The van der Waals surface area contributed by atoms with Crippen molar-refractivity contribution in [1.82, 2.24) is 25.4 Å². The molecule has 25 heavy (non-hydrogen) atoms. The molecule has 0 saturated heterocycles. The predicted octanol–water partition coefficient (Wildman–Crippen LogP) is 1.86. The highest BCUT2D eigenvalue weighted by molar-refractivity contribution is 5.79. The molecule has 2 heterocycles. The third-order valence-corrected chi connectivity index (χ3v) is 4.70. The zero-order valence-electron chi connectivity index (χ0n) is 15.8. The number of aromatic nitrogens is 3. The van der Waals surface area contributed by atoms with Gasteiger partial charge in [0.2, 0.25) is 0 Å². The van der Waals surface area contributed by atoms with E-state index in [-0.39, 0.29) is 6.61 Å². The van der Waals surface area contributed by atoms with E-state index in [0.29, 0.717) is 12.5 Å². The number of aryl methyl sites for hydroxylation is 1. The van der Waals surface area contributed by atoms with E-state index in [1.165, 1.54) is 19.3 Å². The Morgan fingerprint density at radius 1 is 1.20 bits per heavy atom. The second-order valence-electron chi connectivity index (χ2n) is 6.74. The lowest BCUT2D eigenvalue weighted by Gasteiger charge is -2.18. The molecule has 0 aromatic carbocycles. The Bertz CT molecular complexity index is 522. The molecule has 0 amide bonds. The van der Waals surface area contributed by atoms with Crippen molar-refractivity contribution in [1.29, 1.82) is 0 Å². The van der Waals surface area contributed by atoms with Crippen molar-refractivity contribution >= 4 is 5.96 Å². The maximum atomic E-state index is 9.20. The van der Waals surface area contributed by atoms with Crippen molar-refractivity contribution in [2.75, 3.05) is 19.7 Å². The van der Waals surface area contributed by atoms with Crippen molar-refractivity contribution in [3.05, 3.63) is 11.6 Å². The van der Waals surface area contributed by atoms with Crippen LogP contribution in [-0.4, -0.2) is 45.5 Å². The molecule has 7 nitrogen and oxygen atoms in total. The zero-order valence-corrected chi connectivity index (χ0v) is 15.8. The molecule has 1 aliphatic rings. The van der Waals surface area contributed by atoms with Crippen LogP contribution in [0.15, 0.2) is 4.99 Å². The lowest BCUT2D eigenvalue weighted by Crippen LogP contribution is -2.40. The summed E-state index contributed by atoms with van der Waals surface area (Å²) in [5.41, 5.74) is 0. The number of aliphatic hydroxyl groups is 1. The summed E-state index contributed by atoms with van der Waals surface area (Å²) in [6, 6.07) is 0. The van der Waals surface area contributed by atoms with Crippen molar-refractivity contribution < 1.29 is 5.11 Å². The van der Waals surface area contributed by atoms with E-state index in [9.17, 15) is 5.11 Å². The summed E-state index contributed by atoms with van der Waals surface area (Å²) in [6.45, 7) is 7.69. The van der Waals surface area contributed by atoms with Gasteiger partial charge < -0.3 is 20.3 Å². The normalized spacial score (nSPS) is 16.2. The van der Waals surface area contributed by atoms with Crippen LogP contribution in [0.25, 0.3) is 0 Å². The van der Waals surface area contributed by atoms with Crippen LogP contribution in [0.4, 0.5) is 0 Å². The van der Waals surface area contributed by atoms with E-state index in [1.807, 2.05) is 0 Å². The monoisotopic (exact) mass is 350 g/mol. The molecule has 142 valence electrons. The molecule has 0 saturated carbocycles. The van der Waals surface area contributed by atoms with Gasteiger partial charge in [0.05, 0.1) is 0 Å². The second kappa shape index (κ2) is 11.1. The Hall–Kier alpha value is -1.63. The van der Waals surface area contributed by atoms with Crippen molar-refractivity contribution in [2.24, 2.45) is 10.9 Å². The fourth-order valence-electron chi connectivity index (χ4n) is 3.33. The number of guanidine groups is 1. The van der Waals surface area contributed by atoms with Crippen LogP contribution in [-0.2, 0) is 19.5 Å². The maximum absolute atomic E-state index is 9.20. The first-order valence-electron chi connectivity index (χ1n) is 9.82. The van der Waals surface area contributed by atoms with Gasteiger partial charge in [0, 0.05) is 32.7 Å². The third-order valence-electron chi connectivity index (χ3n) is 4.70. The van der Waals surface area contributed by atoms with Crippen LogP contribution in [0.2, 0.25) is 0 Å². The van der Waals surface area contributed by atoms with Crippen LogP contribution in [0.1, 0.15) is 64.0 Å². The first kappa shape index (κ1) is 19.7. The summed E-state index contributed by atoms with van der Waals surface area (Å²) in [6.07, 6.45) is 7.76. The van der Waals surface area contributed by atoms with Gasteiger partial charge in [-0.05, 0) is 38.5 Å². The molecular formula is C18H34N6O. The third kappa shape index (κ3) is 6.30. The van der Waals surface area contributed by atoms with Crippen LogP contribution in [0.3, 0.4) is 0 Å². The Balaban J connectivity index is 1.96. The van der Waals surface area contributed by atoms with Crippen LogP contribution in [0.5, 0.6) is 0 Å². The number of aliphatic hydroxyl groups excluding tert-OH is 1. The molecular weight excluding hydrogens is 316 g/mol. The van der Waals surface area contributed by atoms with Crippen LogP contribution >= 0.6 is 0 Å². The Morgan fingerprint density at radius 2 is 2.08 bits per heavy atom. The van der Waals surface area contributed by atoms with Gasteiger partial charge in [-0.2, -0.15) is 0 Å². The van der Waals surface area contributed by atoms with E-state index in [1.54, 1.807) is 0 Å². The second-order valence-corrected chi connectivity index (χ2v) is 6.74. The average molecular weight is 351 g/mol. The smallest absolute Gasteiger partial charge is 0.191 e. The fourth-order valence-corrected chi connectivity index (χ4v) is 3.33. The molecule has 1 aromatic heterocycles. The lowest BCUT2D eigenvalue weighted by molar-refractivity contribution is 0.251. The summed E-state index contributed by atoms with van der Waals surface area (Å²) in [5.74, 6) is 3.34. The summed E-state index contributed by atoms with van der Waals surface area (Å²) in [4.78, 5) is 4.70. The number of hydrogen-bond donors (Lipinski definition) is 3. The summed E-state index contributed by atoms with van der Waals surface area (Å²) >= 11 is 0. The number of nitrogens with one attached hydrogen (secondary N) is 2. The fraction of sp³-hybridized carbons (Fsp3) is 0.833. The largest absolute Gasteiger partial charge is 0.396 e. The number of hydrogen-bond acceptors (Lipinski definition) is 4. The van der Waals surface area contributed by atoms with Gasteiger partial charge in [0.25, 0.3) is 0 Å². The first-order valence-corrected chi connectivity index (χ1v) is 9.82. The Kier molecular flexibility index (Phi) is 8.72. The molecule has 1 unspecified atom stereocenters. The Morgan fingerprint density at radius 3 is 2.84 bits per heavy atom. The van der Waals surface area contributed by atoms with Gasteiger partial charge in [-0.25, -0.2) is 4.99 Å². The molecule has 2 rings (SSSR count). The van der Waals surface area contributed by atoms with E-state index >= 15 is 0 Å². The molecule has 0 spiro atoms. The predicted molar refractivity (Wildman–Crippen MR) is 100 cm³/mol. The minimum absolute atomic E-state index is 0.242. The number of nitrogens with zero attached hydrogens (tertiary/aromatic N) is 4. The summed E-state index contributed by atoms with van der Waals surface area (Å²) < 4.78 is 2.24. The average Bonchev–Trinajstić information content (AvgIpc) is 2.84. The van der Waals surface area contributed by atoms with Gasteiger partial charge in [-0.3, -0.25) is 0 Å².